The summed E-state index contributed by atoms with van der Waals surface area (Å²) < 4.78 is 34.6. The van der Waals surface area contributed by atoms with E-state index in [9.17, 15) is 13.2 Å². The van der Waals surface area contributed by atoms with Crippen molar-refractivity contribution in [3.8, 4) is 0 Å². The van der Waals surface area contributed by atoms with Crippen molar-refractivity contribution in [3.05, 3.63) is 40.9 Å². The van der Waals surface area contributed by atoms with Crippen LogP contribution in [0.4, 0.5) is 0 Å². The van der Waals surface area contributed by atoms with Crippen LogP contribution in [0.2, 0.25) is 0 Å². The van der Waals surface area contributed by atoms with Crippen LogP contribution in [0.25, 0.3) is 11.1 Å². The number of aromatic nitrogens is 4. The molecule has 10 heteroatoms. The minimum Gasteiger partial charge on any atom is -0.408 e. The van der Waals surface area contributed by atoms with E-state index in [1.807, 2.05) is 4.57 Å². The fourth-order valence-corrected chi connectivity index (χ4v) is 4.40. The molecule has 1 fully saturated rings. The SMILES string of the molecule is O=c1[nH]c2cc(S(=O)(=O)NCc3nncn3C3CCCCC3)ccc2o1. The van der Waals surface area contributed by atoms with E-state index in [2.05, 4.69) is 19.9 Å². The minimum absolute atomic E-state index is 0.0470. The number of fused-ring (bicyclic) bond motifs is 1. The molecule has 0 spiro atoms. The van der Waals surface area contributed by atoms with Crippen LogP contribution >= 0.6 is 0 Å². The Bertz CT molecular complexity index is 1080. The molecule has 0 bridgehead atoms. The number of sulfonamides is 1. The summed E-state index contributed by atoms with van der Waals surface area (Å²) in [6.45, 7) is 0.0543. The lowest BCUT2D eigenvalue weighted by molar-refractivity contribution is 0.344. The molecule has 0 radical (unpaired) electrons. The van der Waals surface area contributed by atoms with Gasteiger partial charge in [-0.15, -0.1) is 10.2 Å². The fraction of sp³-hybridized carbons (Fsp3) is 0.438. The number of hydrogen-bond acceptors (Lipinski definition) is 6. The lowest BCUT2D eigenvalue weighted by atomic mass is 9.95. The first-order valence-corrected chi connectivity index (χ1v) is 10.0. The third-order valence-electron chi connectivity index (χ3n) is 4.74. The highest BCUT2D eigenvalue weighted by molar-refractivity contribution is 7.89. The van der Waals surface area contributed by atoms with E-state index in [4.69, 9.17) is 4.42 Å². The molecule has 138 valence electrons. The van der Waals surface area contributed by atoms with E-state index >= 15 is 0 Å². The van der Waals surface area contributed by atoms with Gasteiger partial charge in [0, 0.05) is 6.04 Å². The smallest absolute Gasteiger partial charge is 0.408 e. The van der Waals surface area contributed by atoms with Gasteiger partial charge in [0.05, 0.1) is 17.0 Å². The van der Waals surface area contributed by atoms with Gasteiger partial charge in [-0.3, -0.25) is 4.98 Å². The van der Waals surface area contributed by atoms with Gasteiger partial charge in [0.25, 0.3) is 0 Å². The quantitative estimate of drug-likeness (QED) is 0.697. The van der Waals surface area contributed by atoms with Crippen molar-refractivity contribution in [2.45, 2.75) is 49.6 Å². The normalized spacial score (nSPS) is 16.3. The molecule has 2 aromatic heterocycles. The number of hydrogen-bond donors (Lipinski definition) is 2. The van der Waals surface area contributed by atoms with E-state index in [1.165, 1.54) is 24.6 Å². The first-order chi connectivity index (χ1) is 12.5. The maximum Gasteiger partial charge on any atom is 0.417 e. The second-order valence-electron chi connectivity index (χ2n) is 6.44. The van der Waals surface area contributed by atoms with Gasteiger partial charge < -0.3 is 8.98 Å². The molecule has 2 heterocycles. The molecular formula is C16H19N5O4S. The third kappa shape index (κ3) is 3.29. The maximum absolute atomic E-state index is 12.6. The van der Waals surface area contributed by atoms with Crippen molar-refractivity contribution in [1.82, 2.24) is 24.5 Å². The van der Waals surface area contributed by atoms with E-state index < -0.39 is 15.8 Å². The molecule has 2 N–H and O–H groups in total. The summed E-state index contributed by atoms with van der Waals surface area (Å²) >= 11 is 0. The van der Waals surface area contributed by atoms with E-state index in [-0.39, 0.29) is 11.4 Å². The molecule has 0 unspecified atom stereocenters. The summed E-state index contributed by atoms with van der Waals surface area (Å²) in [6.07, 6.45) is 7.35. The lowest BCUT2D eigenvalue weighted by Crippen LogP contribution is -2.26. The Morgan fingerprint density at radius 2 is 2.08 bits per heavy atom. The zero-order chi connectivity index (χ0) is 18.1. The molecule has 1 aromatic carbocycles. The number of benzene rings is 1. The van der Waals surface area contributed by atoms with Gasteiger partial charge in [-0.25, -0.2) is 17.9 Å². The molecule has 0 saturated heterocycles. The minimum atomic E-state index is -3.76. The summed E-state index contributed by atoms with van der Waals surface area (Å²) in [7, 11) is -3.76. The Labute approximate surface area is 149 Å². The molecule has 3 aromatic rings. The largest absolute Gasteiger partial charge is 0.417 e. The monoisotopic (exact) mass is 377 g/mol. The predicted molar refractivity (Wildman–Crippen MR) is 93.0 cm³/mol. The van der Waals surface area contributed by atoms with Gasteiger partial charge in [0.1, 0.15) is 12.2 Å². The van der Waals surface area contributed by atoms with Gasteiger partial charge in [-0.1, -0.05) is 19.3 Å². The Balaban J connectivity index is 1.53. The Morgan fingerprint density at radius 1 is 1.27 bits per heavy atom. The number of nitrogens with zero attached hydrogens (tertiary/aromatic N) is 3. The topological polar surface area (TPSA) is 123 Å². The van der Waals surface area contributed by atoms with Crippen LogP contribution in [0.1, 0.15) is 44.0 Å². The van der Waals surface area contributed by atoms with E-state index in [0.717, 1.165) is 25.7 Å². The van der Waals surface area contributed by atoms with Gasteiger partial charge in [0.2, 0.25) is 10.0 Å². The van der Waals surface area contributed by atoms with Crippen LogP contribution in [0, 0.1) is 0 Å². The van der Waals surface area contributed by atoms with E-state index in [0.29, 0.717) is 23.0 Å². The molecule has 4 rings (SSSR count). The van der Waals surface area contributed by atoms with Crippen LogP contribution in [0.15, 0.2) is 38.6 Å². The molecule has 1 saturated carbocycles. The maximum atomic E-state index is 12.6. The highest BCUT2D eigenvalue weighted by atomic mass is 32.2. The van der Waals surface area contributed by atoms with Gasteiger partial charge >= 0.3 is 5.76 Å². The number of H-pyrrole nitrogens is 1. The fourth-order valence-electron chi connectivity index (χ4n) is 3.40. The molecule has 26 heavy (non-hydrogen) atoms. The predicted octanol–water partition coefficient (Wildman–Crippen LogP) is 1.70. The summed E-state index contributed by atoms with van der Waals surface area (Å²) in [5.74, 6) is -0.0265. The van der Waals surface area contributed by atoms with Crippen molar-refractivity contribution in [2.75, 3.05) is 0 Å². The first-order valence-electron chi connectivity index (χ1n) is 8.54. The van der Waals surface area contributed by atoms with E-state index in [1.54, 1.807) is 6.33 Å². The average Bonchev–Trinajstić information content (AvgIpc) is 3.25. The number of aromatic amines is 1. The number of rotatable bonds is 5. The van der Waals surface area contributed by atoms with Crippen LogP contribution in [-0.4, -0.2) is 28.2 Å². The highest BCUT2D eigenvalue weighted by Gasteiger charge is 2.21. The molecular weight excluding hydrogens is 358 g/mol. The van der Waals surface area contributed by atoms with Gasteiger partial charge in [-0.05, 0) is 31.0 Å². The lowest BCUT2D eigenvalue weighted by Gasteiger charge is -2.24. The first kappa shape index (κ1) is 17.0. The van der Waals surface area contributed by atoms with Crippen molar-refractivity contribution in [1.29, 1.82) is 0 Å². The van der Waals surface area contributed by atoms with Crippen LogP contribution < -0.4 is 10.5 Å². The Morgan fingerprint density at radius 3 is 2.88 bits per heavy atom. The van der Waals surface area contributed by atoms with Crippen LogP contribution in [0.5, 0.6) is 0 Å². The molecule has 0 aliphatic heterocycles. The Kier molecular flexibility index (Phi) is 4.37. The highest BCUT2D eigenvalue weighted by Crippen LogP contribution is 2.28. The molecule has 0 amide bonds. The van der Waals surface area contributed by atoms with Gasteiger partial charge in [0.15, 0.2) is 5.58 Å². The summed E-state index contributed by atoms with van der Waals surface area (Å²) in [5.41, 5.74) is 0.647. The second-order valence-corrected chi connectivity index (χ2v) is 8.21. The third-order valence-corrected chi connectivity index (χ3v) is 6.14. The number of oxazole rings is 1. The summed E-state index contributed by atoms with van der Waals surface area (Å²) in [5, 5.41) is 8.01. The molecule has 9 nitrogen and oxygen atoms in total. The molecule has 1 aliphatic carbocycles. The van der Waals surface area contributed by atoms with Crippen LogP contribution in [0.3, 0.4) is 0 Å². The van der Waals surface area contributed by atoms with Crippen molar-refractivity contribution in [3.63, 3.8) is 0 Å². The average molecular weight is 377 g/mol. The summed E-state index contributed by atoms with van der Waals surface area (Å²) in [6, 6.07) is 4.54. The molecule has 0 atom stereocenters. The van der Waals surface area contributed by atoms with Crippen LogP contribution in [-0.2, 0) is 16.6 Å². The Hall–Kier alpha value is -2.46. The second kappa shape index (κ2) is 6.69. The zero-order valence-corrected chi connectivity index (χ0v) is 14.8. The summed E-state index contributed by atoms with van der Waals surface area (Å²) in [4.78, 5) is 13.7. The molecule has 1 aliphatic rings. The standard InChI is InChI=1S/C16H19N5O4S/c22-16-19-13-8-12(6-7-14(13)25-16)26(23,24)18-9-15-20-17-10-21(15)11-4-2-1-3-5-11/h6-8,10-11,18H,1-5,9H2,(H,19,22). The zero-order valence-electron chi connectivity index (χ0n) is 14.0. The van der Waals surface area contributed by atoms with Gasteiger partial charge in [-0.2, -0.15) is 0 Å². The number of nitrogens with one attached hydrogen (secondary N) is 2. The van der Waals surface area contributed by atoms with Crippen molar-refractivity contribution in [2.24, 2.45) is 0 Å². The van der Waals surface area contributed by atoms with Crippen molar-refractivity contribution < 1.29 is 12.8 Å². The van der Waals surface area contributed by atoms with Crippen molar-refractivity contribution >= 4 is 21.1 Å².